The van der Waals surface area contributed by atoms with Gasteiger partial charge in [0.15, 0.2) is 0 Å². The first-order valence-corrected chi connectivity index (χ1v) is 9.88. The van der Waals surface area contributed by atoms with Crippen LogP contribution in [0.4, 0.5) is 14.9 Å². The molecule has 0 unspecified atom stereocenters. The van der Waals surface area contributed by atoms with Crippen LogP contribution in [0.1, 0.15) is 5.56 Å². The number of rotatable bonds is 5. The molecule has 3 rings (SSSR count). The van der Waals surface area contributed by atoms with Crippen LogP contribution in [0.25, 0.3) is 0 Å². The average Bonchev–Trinajstić information content (AvgIpc) is 2.82. The predicted octanol–water partition coefficient (Wildman–Crippen LogP) is 3.39. The van der Waals surface area contributed by atoms with E-state index < -0.39 is 12.1 Å². The van der Waals surface area contributed by atoms with Crippen molar-refractivity contribution in [2.24, 2.45) is 0 Å². The fourth-order valence-corrected chi connectivity index (χ4v) is 3.22. The predicted molar refractivity (Wildman–Crippen MR) is 115 cm³/mol. The maximum atomic E-state index is 12.9. The summed E-state index contributed by atoms with van der Waals surface area (Å²) in [4.78, 5) is 26.3. The van der Waals surface area contributed by atoms with E-state index in [9.17, 15) is 14.0 Å². The molecule has 2 aromatic carbocycles. The zero-order chi connectivity index (χ0) is 21.7. The monoisotopic (exact) mass is 474 g/mol. The van der Waals surface area contributed by atoms with Crippen LogP contribution >= 0.6 is 15.9 Å². The van der Waals surface area contributed by atoms with E-state index in [1.807, 2.05) is 6.07 Å². The summed E-state index contributed by atoms with van der Waals surface area (Å²) in [5, 5.41) is 13.0. The van der Waals surface area contributed by atoms with Gasteiger partial charge in [-0.3, -0.25) is 4.79 Å². The highest BCUT2D eigenvalue weighted by Crippen LogP contribution is 2.33. The van der Waals surface area contributed by atoms with Gasteiger partial charge in [-0.25, -0.2) is 9.18 Å². The number of carbonyl (C=O) groups is 2. The van der Waals surface area contributed by atoms with E-state index in [1.165, 1.54) is 29.3 Å². The molecule has 0 aromatic heterocycles. The number of nitrogens with zero attached hydrogens (tertiary/aromatic N) is 1. The third-order valence-corrected chi connectivity index (χ3v) is 4.92. The molecule has 0 saturated carbocycles. The van der Waals surface area contributed by atoms with Gasteiger partial charge in [0.1, 0.15) is 24.2 Å². The Labute approximate surface area is 181 Å². The Morgan fingerprint density at radius 2 is 2.07 bits per heavy atom. The number of likely N-dealkylation sites (N-methyl/N-ethyl adjacent to an activating group) is 1. The van der Waals surface area contributed by atoms with Crippen LogP contribution in [0.3, 0.4) is 0 Å². The molecule has 0 spiro atoms. The van der Waals surface area contributed by atoms with E-state index >= 15 is 0 Å². The van der Waals surface area contributed by atoms with E-state index in [0.717, 1.165) is 10.0 Å². The Balaban J connectivity index is 1.53. The van der Waals surface area contributed by atoms with Crippen molar-refractivity contribution in [1.29, 1.82) is 5.41 Å². The second kappa shape index (κ2) is 9.53. The third-order valence-electron chi connectivity index (χ3n) is 4.43. The second-order valence-corrected chi connectivity index (χ2v) is 7.57. The maximum absolute atomic E-state index is 12.9. The largest absolute Gasteiger partial charge is 0.489 e. The van der Waals surface area contributed by atoms with Gasteiger partial charge in [0.25, 0.3) is 5.91 Å². The summed E-state index contributed by atoms with van der Waals surface area (Å²) in [5.41, 5.74) is 1.62. The summed E-state index contributed by atoms with van der Waals surface area (Å²) in [5.74, 6) is -0.0968. The number of hydrogen-bond donors (Lipinski definition) is 3. The molecule has 3 amide bonds. The lowest BCUT2D eigenvalue weighted by molar-refractivity contribution is -0.120. The Kier molecular flexibility index (Phi) is 6.83. The van der Waals surface area contributed by atoms with Gasteiger partial charge in [-0.05, 0) is 42.0 Å². The summed E-state index contributed by atoms with van der Waals surface area (Å²) >= 11 is 3.37. The maximum Gasteiger partial charge on any atom is 0.319 e. The number of benzene rings is 2. The molecule has 3 N–H and O–H groups in total. The van der Waals surface area contributed by atoms with Crippen LogP contribution in [-0.2, 0) is 11.2 Å². The van der Waals surface area contributed by atoms with Crippen molar-refractivity contribution in [3.05, 3.63) is 70.6 Å². The lowest BCUT2D eigenvalue weighted by Gasteiger charge is -2.20. The minimum Gasteiger partial charge on any atom is -0.489 e. The number of fused-ring (bicyclic) bond motifs is 1. The highest BCUT2D eigenvalue weighted by Gasteiger charge is 2.30. The molecule has 9 heteroatoms. The van der Waals surface area contributed by atoms with Gasteiger partial charge in [0.2, 0.25) is 0 Å². The lowest BCUT2D eigenvalue weighted by Crippen LogP contribution is -2.51. The minimum absolute atomic E-state index is 0.00464. The van der Waals surface area contributed by atoms with E-state index in [0.29, 0.717) is 17.9 Å². The first-order chi connectivity index (χ1) is 14.3. The number of ether oxygens (including phenoxy) is 1. The lowest BCUT2D eigenvalue weighted by atomic mass is 10.1. The molecule has 0 radical (unpaired) electrons. The molecule has 156 valence electrons. The van der Waals surface area contributed by atoms with Gasteiger partial charge in [-0.2, -0.15) is 0 Å². The van der Waals surface area contributed by atoms with Crippen molar-refractivity contribution in [3.63, 3.8) is 0 Å². The molecule has 0 fully saturated rings. The quantitative estimate of drug-likeness (QED) is 0.579. The number of urea groups is 1. The van der Waals surface area contributed by atoms with Crippen LogP contribution in [0.2, 0.25) is 0 Å². The van der Waals surface area contributed by atoms with Crippen LogP contribution in [0, 0.1) is 11.2 Å². The molecule has 0 bridgehead atoms. The van der Waals surface area contributed by atoms with Gasteiger partial charge in [-0.1, -0.05) is 28.1 Å². The average molecular weight is 475 g/mol. The molecule has 1 aliphatic heterocycles. The van der Waals surface area contributed by atoms with Crippen molar-refractivity contribution in [3.8, 4) is 5.75 Å². The Morgan fingerprint density at radius 1 is 1.33 bits per heavy atom. The van der Waals surface area contributed by atoms with Crippen molar-refractivity contribution >= 4 is 39.3 Å². The number of allylic oxidation sites excluding steroid dienone is 1. The van der Waals surface area contributed by atoms with E-state index in [1.54, 1.807) is 31.3 Å². The smallest absolute Gasteiger partial charge is 0.319 e. The van der Waals surface area contributed by atoms with E-state index in [-0.39, 0.29) is 24.0 Å². The number of halogens is 2. The highest BCUT2D eigenvalue weighted by molar-refractivity contribution is 9.10. The van der Waals surface area contributed by atoms with Crippen molar-refractivity contribution in [2.45, 2.75) is 12.5 Å². The number of carbonyl (C=O) groups excluding carboxylic acids is 2. The van der Waals surface area contributed by atoms with E-state index in [2.05, 4.69) is 26.6 Å². The molecule has 2 aromatic rings. The zero-order valence-corrected chi connectivity index (χ0v) is 17.7. The summed E-state index contributed by atoms with van der Waals surface area (Å²) in [7, 11) is 1.62. The minimum atomic E-state index is -0.867. The fraction of sp³-hybridized carbons (Fsp3) is 0.190. The fourth-order valence-electron chi connectivity index (χ4n) is 2.87. The first kappa shape index (κ1) is 21.5. The number of anilines is 1. The summed E-state index contributed by atoms with van der Waals surface area (Å²) < 4.78 is 19.4. The number of nitrogens with one attached hydrogen (secondary N) is 3. The van der Waals surface area contributed by atoms with Crippen LogP contribution in [0.15, 0.2) is 59.2 Å². The second-order valence-electron chi connectivity index (χ2n) is 6.65. The van der Waals surface area contributed by atoms with Crippen LogP contribution in [-0.4, -0.2) is 37.3 Å². The van der Waals surface area contributed by atoms with Gasteiger partial charge < -0.3 is 25.7 Å². The van der Waals surface area contributed by atoms with Gasteiger partial charge in [-0.15, -0.1) is 0 Å². The molecule has 1 aliphatic rings. The van der Waals surface area contributed by atoms with Gasteiger partial charge in [0, 0.05) is 29.9 Å². The normalized spacial score (nSPS) is 15.9. The topological polar surface area (TPSA) is 94.5 Å². The highest BCUT2D eigenvalue weighted by atomic mass is 79.9. The van der Waals surface area contributed by atoms with Crippen molar-refractivity contribution in [1.82, 2.24) is 10.6 Å². The molecular formula is C21H20BrFN4O3. The Hall–Kier alpha value is -3.20. The summed E-state index contributed by atoms with van der Waals surface area (Å²) in [6.45, 7) is -0.00464. The summed E-state index contributed by atoms with van der Waals surface area (Å²) in [6, 6.07) is 9.73. The molecule has 0 saturated heterocycles. The molecule has 30 heavy (non-hydrogen) atoms. The van der Waals surface area contributed by atoms with Gasteiger partial charge >= 0.3 is 6.03 Å². The first-order valence-electron chi connectivity index (χ1n) is 9.09. The Morgan fingerprint density at radius 3 is 2.80 bits per heavy atom. The molecule has 1 atom stereocenters. The summed E-state index contributed by atoms with van der Waals surface area (Å²) in [6.07, 6.45) is 3.04. The zero-order valence-electron chi connectivity index (χ0n) is 16.1. The third kappa shape index (κ3) is 5.44. The molecule has 7 nitrogen and oxygen atoms in total. The Bertz CT molecular complexity index is 994. The van der Waals surface area contributed by atoms with Crippen molar-refractivity contribution < 1.29 is 18.7 Å². The number of hydrogen-bond acceptors (Lipinski definition) is 4. The molecular weight excluding hydrogens is 455 g/mol. The van der Waals surface area contributed by atoms with Crippen LogP contribution < -0.4 is 20.3 Å². The van der Waals surface area contributed by atoms with E-state index in [4.69, 9.17) is 10.1 Å². The number of amides is 3. The molecule has 0 aliphatic carbocycles. The van der Waals surface area contributed by atoms with Gasteiger partial charge in [0.05, 0.1) is 5.69 Å². The standard InChI is InChI=1S/C21H20BrFN4O3/c1-27-18-11-14(22)4-7-19(18)30-12-17(20(27)28)26-21(29)25-9-8-16(24)10-13-2-5-15(23)6-3-13/h2-9,11,17,24H,10,12H2,1H3,(H2,25,26,29)/b9-8-,24-16?/t17-/m1/s1. The van der Waals surface area contributed by atoms with Crippen molar-refractivity contribution in [2.75, 3.05) is 18.6 Å². The molecule has 1 heterocycles. The SMILES string of the molecule is CN1C(=O)[C@H](NC(=O)N/C=C\C(=N)Cc2ccc(F)cc2)COc2ccc(Br)cc21. The van der Waals surface area contributed by atoms with Crippen LogP contribution in [0.5, 0.6) is 5.75 Å².